The molecule has 1 aliphatic carbocycles. The van der Waals surface area contributed by atoms with Gasteiger partial charge in [0.2, 0.25) is 0 Å². The fraction of sp³-hybridized carbons (Fsp3) is 0.667. The number of halogens is 1. The molecule has 1 saturated heterocycles. The fourth-order valence-electron chi connectivity index (χ4n) is 3.40. The summed E-state index contributed by atoms with van der Waals surface area (Å²) in [5.41, 5.74) is -0.303. The van der Waals surface area contributed by atoms with Gasteiger partial charge in [-0.05, 0) is 18.8 Å². The molecule has 4 atom stereocenters. The van der Waals surface area contributed by atoms with E-state index in [0.29, 0.717) is 17.1 Å². The van der Waals surface area contributed by atoms with Crippen LogP contribution in [0, 0.1) is 5.92 Å². The largest absolute Gasteiger partial charge is 0.387 e. The molecule has 1 saturated carbocycles. The summed E-state index contributed by atoms with van der Waals surface area (Å²) in [6.45, 7) is 0.725. The van der Waals surface area contributed by atoms with E-state index in [1.54, 1.807) is 6.07 Å². The Bertz CT molecular complexity index is 1140. The Balaban J connectivity index is 1.58. The van der Waals surface area contributed by atoms with Crippen molar-refractivity contribution in [3.63, 3.8) is 0 Å². The first-order valence-corrected chi connectivity index (χ1v) is 13.3. The van der Waals surface area contributed by atoms with Crippen LogP contribution in [0.5, 0.6) is 0 Å². The van der Waals surface area contributed by atoms with Gasteiger partial charge in [-0.1, -0.05) is 16.8 Å². The number of anilines is 1. The molecule has 2 fully saturated rings. The van der Waals surface area contributed by atoms with Crippen molar-refractivity contribution in [3.8, 4) is 0 Å². The summed E-state index contributed by atoms with van der Waals surface area (Å²) in [7, 11) is -9.13. The van der Waals surface area contributed by atoms with Crippen molar-refractivity contribution in [1.82, 2.24) is 20.0 Å². The predicted molar refractivity (Wildman–Crippen MR) is 108 cm³/mol. The zero-order chi connectivity index (χ0) is 22.6. The van der Waals surface area contributed by atoms with Crippen LogP contribution in [0.4, 0.5) is 5.69 Å². The van der Waals surface area contributed by atoms with Gasteiger partial charge in [0.15, 0.2) is 32.7 Å². The van der Waals surface area contributed by atoms with Crippen molar-refractivity contribution < 1.29 is 37.7 Å². The number of fused-ring (bicyclic) bond motifs is 1. The van der Waals surface area contributed by atoms with Crippen molar-refractivity contribution in [2.24, 2.45) is 5.92 Å². The Labute approximate surface area is 181 Å². The third-order valence-electron chi connectivity index (χ3n) is 5.04. The molecule has 4 rings (SSSR count). The van der Waals surface area contributed by atoms with Crippen LogP contribution in [0.15, 0.2) is 6.07 Å². The number of nitrogens with one attached hydrogen (secondary N) is 1. The first-order chi connectivity index (χ1) is 14.4. The third kappa shape index (κ3) is 5.17. The summed E-state index contributed by atoms with van der Waals surface area (Å²) in [6.07, 6.45) is -3.76. The average Bonchev–Trinajstić information content (AvgIpc) is 3.32. The van der Waals surface area contributed by atoms with E-state index in [2.05, 4.69) is 20.6 Å². The maximum atomic E-state index is 12.0. The van der Waals surface area contributed by atoms with Crippen LogP contribution in [-0.4, -0.2) is 84.5 Å². The van der Waals surface area contributed by atoms with Crippen molar-refractivity contribution in [1.29, 1.82) is 0 Å². The summed E-state index contributed by atoms with van der Waals surface area (Å²) >= 11 is 6.11. The topological polar surface area (TPSA) is 197 Å². The van der Waals surface area contributed by atoms with Gasteiger partial charge in [-0.2, -0.15) is 4.68 Å². The molecule has 13 nitrogen and oxygen atoms in total. The first-order valence-electron chi connectivity index (χ1n) is 9.35. The summed E-state index contributed by atoms with van der Waals surface area (Å²) < 4.78 is 41.7. The molecule has 2 aliphatic rings. The second-order valence-electron chi connectivity index (χ2n) is 7.77. The smallest absolute Gasteiger partial charge is 0.340 e. The average molecular weight is 498 g/mol. The van der Waals surface area contributed by atoms with Crippen molar-refractivity contribution in [2.75, 3.05) is 23.1 Å². The van der Waals surface area contributed by atoms with Crippen molar-refractivity contribution in [2.45, 2.75) is 37.4 Å². The molecule has 2 aromatic heterocycles. The van der Waals surface area contributed by atoms with Gasteiger partial charge >= 0.3 is 7.60 Å². The number of pyridine rings is 1. The lowest BCUT2D eigenvalue weighted by atomic mass is 10.1. The van der Waals surface area contributed by atoms with Gasteiger partial charge in [-0.3, -0.25) is 4.57 Å². The molecule has 0 amide bonds. The molecular formula is C15H21ClN5O8PS. The monoisotopic (exact) mass is 497 g/mol. The van der Waals surface area contributed by atoms with Crippen molar-refractivity contribution >= 4 is 45.9 Å². The zero-order valence-electron chi connectivity index (χ0n) is 15.9. The highest BCUT2D eigenvalue weighted by Gasteiger charge is 2.47. The van der Waals surface area contributed by atoms with Gasteiger partial charge in [0.05, 0.1) is 11.4 Å². The van der Waals surface area contributed by atoms with E-state index in [0.717, 1.165) is 24.1 Å². The molecule has 2 aromatic rings. The Hall–Kier alpha value is -1.38. The van der Waals surface area contributed by atoms with Crippen molar-refractivity contribution in [3.05, 3.63) is 11.2 Å². The molecule has 1 aliphatic heterocycles. The molecule has 5 N–H and O–H groups in total. The molecule has 0 spiro atoms. The van der Waals surface area contributed by atoms with E-state index in [1.807, 2.05) is 0 Å². The highest BCUT2D eigenvalue weighted by Crippen LogP contribution is 2.38. The fourth-order valence-corrected chi connectivity index (χ4v) is 6.84. The van der Waals surface area contributed by atoms with E-state index < -0.39 is 53.2 Å². The quantitative estimate of drug-likeness (QED) is 0.231. The van der Waals surface area contributed by atoms with Crippen LogP contribution >= 0.6 is 19.2 Å². The minimum Gasteiger partial charge on any atom is -0.387 e. The standard InChI is InChI=1S/C15H21ClN5O8PS/c16-10-3-8(17-4-7-1-2-7)11-14(18-10)21(20-19-11)15-13(23)12(22)9(29-15)5-31(27,28)6-30(24,25)26/h3,7,9,12-13,15,22-23H,1-2,4-6H2,(H,17,18)(H2,24,25,26)/t9-,12-,13-,15-/m1/s1. The molecular weight excluding hydrogens is 477 g/mol. The molecule has 0 aromatic carbocycles. The Kier molecular flexibility index (Phi) is 6.03. The number of aliphatic hydroxyl groups excluding tert-OH is 2. The maximum absolute atomic E-state index is 12.0. The second-order valence-corrected chi connectivity index (χ2v) is 12.3. The molecule has 31 heavy (non-hydrogen) atoms. The number of rotatable bonds is 8. The molecule has 3 heterocycles. The number of sulfone groups is 1. The van der Waals surface area contributed by atoms with Gasteiger partial charge in [-0.25, -0.2) is 13.4 Å². The highest BCUT2D eigenvalue weighted by atomic mass is 35.5. The summed E-state index contributed by atoms with van der Waals surface area (Å²) in [6, 6.07) is 1.59. The van der Waals surface area contributed by atoms with Crippen LogP contribution in [-0.2, 0) is 19.1 Å². The number of aromatic nitrogens is 4. The van der Waals surface area contributed by atoms with E-state index in [9.17, 15) is 23.2 Å². The molecule has 0 unspecified atom stereocenters. The van der Waals surface area contributed by atoms with Gasteiger partial charge in [0.25, 0.3) is 0 Å². The van der Waals surface area contributed by atoms with E-state index >= 15 is 0 Å². The predicted octanol–water partition coefficient (Wildman–Crippen LogP) is -0.529. The van der Waals surface area contributed by atoms with Gasteiger partial charge in [-0.15, -0.1) is 5.10 Å². The lowest BCUT2D eigenvalue weighted by molar-refractivity contribution is -0.0375. The summed E-state index contributed by atoms with van der Waals surface area (Å²) in [5, 5.41) is 32.0. The number of ether oxygens (including phenoxy) is 1. The SMILES string of the molecule is O=P(O)(O)CS(=O)(=O)C[C@H]1O[C@@H](n2nnc3c(NCC4CC4)cc(Cl)nc32)[C@H](O)[C@@H]1O. The van der Waals surface area contributed by atoms with Gasteiger partial charge in [0, 0.05) is 12.6 Å². The minimum absolute atomic E-state index is 0.128. The van der Waals surface area contributed by atoms with Crippen LogP contribution in [0.25, 0.3) is 11.2 Å². The zero-order valence-corrected chi connectivity index (χ0v) is 18.4. The number of nitrogens with zero attached hydrogens (tertiary/aromatic N) is 4. The highest BCUT2D eigenvalue weighted by molar-refractivity contribution is 7.97. The minimum atomic E-state index is -4.84. The number of hydrogen-bond donors (Lipinski definition) is 5. The molecule has 0 radical (unpaired) electrons. The molecule has 16 heteroatoms. The van der Waals surface area contributed by atoms with E-state index in [4.69, 9.17) is 26.1 Å². The summed E-state index contributed by atoms with van der Waals surface area (Å²) in [5.74, 6) is -0.329. The second kappa shape index (κ2) is 8.19. The van der Waals surface area contributed by atoms with E-state index in [1.165, 1.54) is 0 Å². The number of hydrogen-bond acceptors (Lipinski definition) is 10. The van der Waals surface area contributed by atoms with E-state index in [-0.39, 0.29) is 10.8 Å². The third-order valence-corrected chi connectivity index (χ3v) is 8.99. The summed E-state index contributed by atoms with van der Waals surface area (Å²) in [4.78, 5) is 22.0. The van der Waals surface area contributed by atoms with Crippen LogP contribution in [0.3, 0.4) is 0 Å². The lowest BCUT2D eigenvalue weighted by Gasteiger charge is -2.15. The molecule has 0 bridgehead atoms. The normalized spacial score (nSPS) is 27.1. The first kappa shape index (κ1) is 22.8. The molecule has 172 valence electrons. The maximum Gasteiger partial charge on any atom is 0.340 e. The van der Waals surface area contributed by atoms with Crippen LogP contribution in [0.1, 0.15) is 19.1 Å². The Morgan fingerprint density at radius 3 is 2.65 bits per heavy atom. The lowest BCUT2D eigenvalue weighted by Crippen LogP contribution is -2.36. The van der Waals surface area contributed by atoms with Gasteiger partial charge < -0.3 is 30.1 Å². The van der Waals surface area contributed by atoms with Crippen LogP contribution < -0.4 is 5.32 Å². The Morgan fingerprint density at radius 1 is 1.29 bits per heavy atom. The Morgan fingerprint density at radius 2 is 2.00 bits per heavy atom. The van der Waals surface area contributed by atoms with Gasteiger partial charge in [0.1, 0.15) is 23.5 Å². The number of aliphatic hydroxyl groups is 2. The van der Waals surface area contributed by atoms with Crippen LogP contribution in [0.2, 0.25) is 5.15 Å².